The highest BCUT2D eigenvalue weighted by atomic mass is 19.4. The van der Waals surface area contributed by atoms with Crippen LogP contribution < -0.4 is 0 Å². The number of pyridine rings is 2. The van der Waals surface area contributed by atoms with Crippen molar-refractivity contribution in [1.82, 2.24) is 9.97 Å². The molecular weight excluding hydrogens is 229 g/mol. The molecule has 0 unspecified atom stereocenters. The van der Waals surface area contributed by atoms with E-state index in [4.69, 9.17) is 0 Å². The van der Waals surface area contributed by atoms with Crippen molar-refractivity contribution in [1.29, 1.82) is 0 Å². The van der Waals surface area contributed by atoms with Crippen molar-refractivity contribution in [3.05, 3.63) is 47.9 Å². The smallest absolute Gasteiger partial charge is 0.262 e. The van der Waals surface area contributed by atoms with Crippen molar-refractivity contribution in [3.8, 4) is 11.3 Å². The predicted octanol–water partition coefficient (Wildman–Crippen LogP) is 3.47. The van der Waals surface area contributed by atoms with Crippen LogP contribution in [-0.4, -0.2) is 9.97 Å². The molecule has 5 heteroatoms. The zero-order valence-corrected chi connectivity index (χ0v) is 8.99. The second-order valence-electron chi connectivity index (χ2n) is 3.58. The number of nitrogens with zero attached hydrogens (tertiary/aromatic N) is 2. The number of halogens is 3. The van der Waals surface area contributed by atoms with Gasteiger partial charge in [-0.05, 0) is 31.2 Å². The van der Waals surface area contributed by atoms with Crippen LogP contribution in [0.1, 0.15) is 11.3 Å². The van der Waals surface area contributed by atoms with Gasteiger partial charge in [0.2, 0.25) is 0 Å². The Balaban J connectivity index is 2.60. The van der Waals surface area contributed by atoms with Crippen molar-refractivity contribution in [2.75, 3.05) is 0 Å². The van der Waals surface area contributed by atoms with Gasteiger partial charge in [0.15, 0.2) is 0 Å². The van der Waals surface area contributed by atoms with E-state index >= 15 is 0 Å². The van der Waals surface area contributed by atoms with Crippen LogP contribution in [0.25, 0.3) is 11.3 Å². The van der Waals surface area contributed by atoms with E-state index in [0.717, 1.165) is 6.07 Å². The fourth-order valence-electron chi connectivity index (χ4n) is 1.56. The number of rotatable bonds is 1. The molecule has 0 atom stereocenters. The molecule has 2 nitrogen and oxygen atoms in total. The minimum Gasteiger partial charge on any atom is -0.262 e. The Morgan fingerprint density at radius 3 is 2.47 bits per heavy atom. The maximum atomic E-state index is 12.8. The van der Waals surface area contributed by atoms with Gasteiger partial charge < -0.3 is 0 Å². The first-order valence-corrected chi connectivity index (χ1v) is 4.94. The Kier molecular flexibility index (Phi) is 2.83. The van der Waals surface area contributed by atoms with Crippen molar-refractivity contribution >= 4 is 0 Å². The third-order valence-electron chi connectivity index (χ3n) is 2.28. The fourth-order valence-corrected chi connectivity index (χ4v) is 1.56. The second kappa shape index (κ2) is 4.16. The maximum absolute atomic E-state index is 12.8. The van der Waals surface area contributed by atoms with Gasteiger partial charge in [0.1, 0.15) is 0 Å². The topological polar surface area (TPSA) is 25.8 Å². The van der Waals surface area contributed by atoms with Crippen LogP contribution in [-0.2, 0) is 6.18 Å². The van der Waals surface area contributed by atoms with Crippen LogP contribution in [0.5, 0.6) is 0 Å². The van der Waals surface area contributed by atoms with Crippen LogP contribution in [0.4, 0.5) is 13.2 Å². The van der Waals surface area contributed by atoms with E-state index in [1.165, 1.54) is 24.5 Å². The number of hydrogen-bond donors (Lipinski definition) is 0. The van der Waals surface area contributed by atoms with E-state index in [2.05, 4.69) is 9.97 Å². The highest BCUT2D eigenvalue weighted by Crippen LogP contribution is 2.35. The highest BCUT2D eigenvalue weighted by Gasteiger charge is 2.34. The fraction of sp³-hybridized carbons (Fsp3) is 0.167. The molecular formula is C12H9F3N2. The van der Waals surface area contributed by atoms with E-state index in [0.29, 0.717) is 11.3 Å². The zero-order valence-electron chi connectivity index (χ0n) is 8.99. The van der Waals surface area contributed by atoms with Crippen LogP contribution in [0, 0.1) is 6.92 Å². The summed E-state index contributed by atoms with van der Waals surface area (Å²) in [6.07, 6.45) is -1.58. The van der Waals surface area contributed by atoms with E-state index in [9.17, 15) is 13.2 Å². The molecule has 0 aliphatic rings. The molecule has 0 amide bonds. The molecule has 0 saturated carbocycles. The van der Waals surface area contributed by atoms with Crippen molar-refractivity contribution < 1.29 is 13.2 Å². The number of aromatic nitrogens is 2. The zero-order chi connectivity index (χ0) is 12.5. The molecule has 0 fully saturated rings. The van der Waals surface area contributed by atoms with E-state index in [1.54, 1.807) is 13.0 Å². The Hall–Kier alpha value is -1.91. The number of aryl methyl sites for hydroxylation is 1. The normalized spacial score (nSPS) is 11.5. The monoisotopic (exact) mass is 238 g/mol. The maximum Gasteiger partial charge on any atom is 0.418 e. The summed E-state index contributed by atoms with van der Waals surface area (Å²) in [7, 11) is 0. The summed E-state index contributed by atoms with van der Waals surface area (Å²) in [4.78, 5) is 7.76. The highest BCUT2D eigenvalue weighted by molar-refractivity contribution is 5.63. The van der Waals surface area contributed by atoms with E-state index < -0.39 is 11.7 Å². The van der Waals surface area contributed by atoms with Gasteiger partial charge in [-0.3, -0.25) is 9.97 Å². The summed E-state index contributed by atoms with van der Waals surface area (Å²) < 4.78 is 38.3. The first kappa shape index (κ1) is 11.6. The van der Waals surface area contributed by atoms with Crippen molar-refractivity contribution in [3.63, 3.8) is 0 Å². The predicted molar refractivity (Wildman–Crippen MR) is 57.2 cm³/mol. The van der Waals surface area contributed by atoms with E-state index in [1.807, 2.05) is 0 Å². The van der Waals surface area contributed by atoms with Gasteiger partial charge in [0.25, 0.3) is 0 Å². The van der Waals surface area contributed by atoms with Gasteiger partial charge in [-0.1, -0.05) is 0 Å². The first-order chi connectivity index (χ1) is 7.98. The third kappa shape index (κ3) is 2.43. The van der Waals surface area contributed by atoms with Crippen molar-refractivity contribution in [2.45, 2.75) is 13.1 Å². The minimum absolute atomic E-state index is 0.0644. The van der Waals surface area contributed by atoms with Crippen LogP contribution in [0.3, 0.4) is 0 Å². The molecule has 0 aliphatic heterocycles. The lowest BCUT2D eigenvalue weighted by Crippen LogP contribution is -2.08. The Bertz CT molecular complexity index is 535. The molecule has 2 heterocycles. The molecule has 0 N–H and O–H groups in total. The molecule has 0 saturated heterocycles. The average molecular weight is 238 g/mol. The lowest BCUT2D eigenvalue weighted by atomic mass is 10.1. The van der Waals surface area contributed by atoms with E-state index in [-0.39, 0.29) is 5.69 Å². The second-order valence-corrected chi connectivity index (χ2v) is 3.58. The Labute approximate surface area is 96.2 Å². The summed E-state index contributed by atoms with van der Waals surface area (Å²) in [6.45, 7) is 1.72. The summed E-state index contributed by atoms with van der Waals surface area (Å²) >= 11 is 0. The van der Waals surface area contributed by atoms with Crippen LogP contribution >= 0.6 is 0 Å². The van der Waals surface area contributed by atoms with Gasteiger partial charge in [-0.25, -0.2) is 0 Å². The summed E-state index contributed by atoms with van der Waals surface area (Å²) in [5.74, 6) is 0. The molecule has 0 spiro atoms. The standard InChI is InChI=1S/C12H9F3N2/c1-8-7-9(4-6-16-8)11-10(12(13,14)15)3-2-5-17-11/h2-7H,1H3. The summed E-state index contributed by atoms with van der Waals surface area (Å²) in [5.41, 5.74) is 0.280. The SMILES string of the molecule is Cc1cc(-c2ncccc2C(F)(F)F)ccn1. The molecule has 0 radical (unpaired) electrons. The Morgan fingerprint density at radius 2 is 1.82 bits per heavy atom. The molecule has 0 aromatic carbocycles. The van der Waals surface area contributed by atoms with Crippen molar-refractivity contribution in [2.24, 2.45) is 0 Å². The van der Waals surface area contributed by atoms with Gasteiger partial charge in [-0.15, -0.1) is 0 Å². The first-order valence-electron chi connectivity index (χ1n) is 4.94. The average Bonchev–Trinajstić information content (AvgIpc) is 2.28. The Morgan fingerprint density at radius 1 is 1.06 bits per heavy atom. The number of alkyl halides is 3. The largest absolute Gasteiger partial charge is 0.418 e. The lowest BCUT2D eigenvalue weighted by molar-refractivity contribution is -0.137. The van der Waals surface area contributed by atoms with Crippen LogP contribution in [0.2, 0.25) is 0 Å². The van der Waals surface area contributed by atoms with Gasteiger partial charge in [-0.2, -0.15) is 13.2 Å². The summed E-state index contributed by atoms with van der Waals surface area (Å²) in [5, 5.41) is 0. The summed E-state index contributed by atoms with van der Waals surface area (Å²) in [6, 6.07) is 5.40. The molecule has 0 aliphatic carbocycles. The van der Waals surface area contributed by atoms with Gasteiger partial charge in [0.05, 0.1) is 11.3 Å². The molecule has 2 rings (SSSR count). The molecule has 88 valence electrons. The van der Waals surface area contributed by atoms with Gasteiger partial charge in [0, 0.05) is 23.7 Å². The molecule has 17 heavy (non-hydrogen) atoms. The van der Waals surface area contributed by atoms with Crippen LogP contribution in [0.15, 0.2) is 36.7 Å². The number of hydrogen-bond acceptors (Lipinski definition) is 2. The van der Waals surface area contributed by atoms with Gasteiger partial charge >= 0.3 is 6.18 Å². The third-order valence-corrected chi connectivity index (χ3v) is 2.28. The minimum atomic E-state index is -4.40. The quantitative estimate of drug-likeness (QED) is 0.760. The molecule has 2 aromatic heterocycles. The molecule has 2 aromatic rings. The lowest BCUT2D eigenvalue weighted by Gasteiger charge is -2.11. The molecule has 0 bridgehead atoms.